The first-order valence-corrected chi connectivity index (χ1v) is 9.84. The van der Waals surface area contributed by atoms with Crippen molar-refractivity contribution >= 4 is 11.8 Å². The average Bonchev–Trinajstić information content (AvgIpc) is 2.84. The van der Waals surface area contributed by atoms with Crippen LogP contribution in [0.5, 0.6) is 0 Å². The number of rotatable bonds is 12. The van der Waals surface area contributed by atoms with Crippen molar-refractivity contribution in [3.63, 3.8) is 0 Å². The van der Waals surface area contributed by atoms with E-state index in [0.717, 1.165) is 32.1 Å². The first kappa shape index (κ1) is 22.1. The fraction of sp³-hybridized carbons (Fsp3) is 0.900. The third-order valence-corrected chi connectivity index (χ3v) is 5.52. The minimum atomic E-state index is -0.587. The van der Waals surface area contributed by atoms with Gasteiger partial charge in [0.05, 0.1) is 19.3 Å². The predicted molar refractivity (Wildman–Crippen MR) is 97.0 cm³/mol. The molecule has 0 aliphatic heterocycles. The lowest BCUT2D eigenvalue weighted by Gasteiger charge is -2.23. The first-order valence-electron chi connectivity index (χ1n) is 9.84. The third-order valence-electron chi connectivity index (χ3n) is 5.52. The van der Waals surface area contributed by atoms with E-state index in [9.17, 15) is 19.8 Å². The molecule has 0 saturated heterocycles. The van der Waals surface area contributed by atoms with Gasteiger partial charge in [-0.25, -0.2) is 0 Å². The maximum absolute atomic E-state index is 12.2. The van der Waals surface area contributed by atoms with Gasteiger partial charge in [-0.3, -0.25) is 9.59 Å². The molecule has 5 heteroatoms. The molecular formula is C20H36O5. The van der Waals surface area contributed by atoms with E-state index in [0.29, 0.717) is 25.7 Å². The van der Waals surface area contributed by atoms with Gasteiger partial charge in [-0.05, 0) is 43.9 Å². The van der Waals surface area contributed by atoms with Crippen LogP contribution in [0.25, 0.3) is 0 Å². The Balaban J connectivity index is 2.44. The average molecular weight is 357 g/mol. The molecular weight excluding hydrogens is 320 g/mol. The molecule has 1 aliphatic carbocycles. The molecule has 1 saturated carbocycles. The van der Waals surface area contributed by atoms with Crippen LogP contribution in [0.1, 0.15) is 78.1 Å². The number of hydrogen-bond acceptors (Lipinski definition) is 5. The fourth-order valence-corrected chi connectivity index (χ4v) is 3.88. The number of esters is 1. The van der Waals surface area contributed by atoms with E-state index in [1.54, 1.807) is 0 Å². The summed E-state index contributed by atoms with van der Waals surface area (Å²) < 4.78 is 4.68. The van der Waals surface area contributed by atoms with Crippen LogP contribution >= 0.6 is 0 Å². The van der Waals surface area contributed by atoms with E-state index in [2.05, 4.69) is 11.7 Å². The zero-order valence-electron chi connectivity index (χ0n) is 16.1. The largest absolute Gasteiger partial charge is 0.469 e. The normalized spacial score (nSPS) is 25.8. The second-order valence-electron chi connectivity index (χ2n) is 7.70. The third kappa shape index (κ3) is 7.87. The van der Waals surface area contributed by atoms with Crippen LogP contribution in [-0.2, 0) is 14.3 Å². The minimum absolute atomic E-state index is 0.0568. The number of carbonyl (C=O) groups excluding carboxylic acids is 2. The highest BCUT2D eigenvalue weighted by Crippen LogP contribution is 2.37. The standard InChI is InChI=1S/C20H36O5/c1-4-5-6-7-15(21)9-11-17-16(18(22)13-19(17)23)10-8-14(2)12-20(24)25-3/h14-17,19,21,23H,4-13H2,1-3H3. The summed E-state index contributed by atoms with van der Waals surface area (Å²) in [6.07, 6.45) is 6.56. The summed E-state index contributed by atoms with van der Waals surface area (Å²) in [5.41, 5.74) is 0. The molecule has 5 unspecified atom stereocenters. The molecule has 1 fully saturated rings. The zero-order valence-corrected chi connectivity index (χ0v) is 16.1. The number of ether oxygens (including phenoxy) is 1. The Bertz CT molecular complexity index is 409. The highest BCUT2D eigenvalue weighted by atomic mass is 16.5. The molecule has 5 nitrogen and oxygen atoms in total. The molecule has 0 aromatic heterocycles. The number of carbonyl (C=O) groups is 2. The summed E-state index contributed by atoms with van der Waals surface area (Å²) in [5.74, 6) is -0.129. The van der Waals surface area contributed by atoms with E-state index in [1.807, 2.05) is 6.92 Å². The molecule has 0 radical (unpaired) electrons. The SMILES string of the molecule is CCCCCC(O)CCC1C(O)CC(=O)C1CCC(C)CC(=O)OC. The Kier molecular flexibility index (Phi) is 10.3. The number of ketones is 1. The van der Waals surface area contributed by atoms with Gasteiger partial charge in [0.1, 0.15) is 5.78 Å². The van der Waals surface area contributed by atoms with E-state index >= 15 is 0 Å². The van der Waals surface area contributed by atoms with Crippen molar-refractivity contribution in [3.05, 3.63) is 0 Å². The number of unbranched alkanes of at least 4 members (excludes halogenated alkanes) is 2. The molecule has 5 atom stereocenters. The molecule has 0 heterocycles. The van der Waals surface area contributed by atoms with E-state index in [1.165, 1.54) is 7.11 Å². The molecule has 146 valence electrons. The van der Waals surface area contributed by atoms with Gasteiger partial charge < -0.3 is 14.9 Å². The van der Waals surface area contributed by atoms with Gasteiger partial charge in [0.2, 0.25) is 0 Å². The van der Waals surface area contributed by atoms with Crippen molar-refractivity contribution in [1.82, 2.24) is 0 Å². The fourth-order valence-electron chi connectivity index (χ4n) is 3.88. The van der Waals surface area contributed by atoms with Gasteiger partial charge in [-0.15, -0.1) is 0 Å². The Hall–Kier alpha value is -0.940. The van der Waals surface area contributed by atoms with Gasteiger partial charge >= 0.3 is 5.97 Å². The number of methoxy groups -OCH3 is 1. The van der Waals surface area contributed by atoms with Crippen molar-refractivity contribution in [3.8, 4) is 0 Å². The van der Waals surface area contributed by atoms with Gasteiger partial charge in [-0.2, -0.15) is 0 Å². The van der Waals surface area contributed by atoms with Gasteiger partial charge in [-0.1, -0.05) is 33.1 Å². The summed E-state index contributed by atoms with van der Waals surface area (Å²) in [5, 5.41) is 20.3. The lowest BCUT2D eigenvalue weighted by Crippen LogP contribution is -2.23. The van der Waals surface area contributed by atoms with Gasteiger partial charge in [0.15, 0.2) is 0 Å². The van der Waals surface area contributed by atoms with Gasteiger partial charge in [0.25, 0.3) is 0 Å². The summed E-state index contributed by atoms with van der Waals surface area (Å²) in [6, 6.07) is 0. The summed E-state index contributed by atoms with van der Waals surface area (Å²) in [4.78, 5) is 23.6. The van der Waals surface area contributed by atoms with E-state index in [4.69, 9.17) is 0 Å². The molecule has 0 spiro atoms. The first-order chi connectivity index (χ1) is 11.9. The van der Waals surface area contributed by atoms with Crippen molar-refractivity contribution in [2.75, 3.05) is 7.11 Å². The van der Waals surface area contributed by atoms with Crippen molar-refractivity contribution in [1.29, 1.82) is 0 Å². The number of aliphatic hydroxyl groups is 2. The Labute approximate surface area is 152 Å². The number of hydrogen-bond donors (Lipinski definition) is 2. The number of Topliss-reactive ketones (excluding diaryl/α,β-unsaturated/α-hetero) is 1. The molecule has 0 bridgehead atoms. The maximum atomic E-state index is 12.2. The quantitative estimate of drug-likeness (QED) is 0.414. The molecule has 0 aromatic carbocycles. The topological polar surface area (TPSA) is 83.8 Å². The Morgan fingerprint density at radius 3 is 2.60 bits per heavy atom. The lowest BCUT2D eigenvalue weighted by molar-refractivity contribution is -0.141. The highest BCUT2D eigenvalue weighted by molar-refractivity contribution is 5.84. The van der Waals surface area contributed by atoms with Crippen LogP contribution in [0, 0.1) is 17.8 Å². The number of aliphatic hydroxyl groups excluding tert-OH is 2. The van der Waals surface area contributed by atoms with Crippen LogP contribution in [0.15, 0.2) is 0 Å². The van der Waals surface area contributed by atoms with Crippen molar-refractivity contribution in [2.24, 2.45) is 17.8 Å². The minimum Gasteiger partial charge on any atom is -0.469 e. The van der Waals surface area contributed by atoms with Gasteiger partial charge in [0, 0.05) is 18.8 Å². The van der Waals surface area contributed by atoms with Crippen LogP contribution in [0.2, 0.25) is 0 Å². The summed E-state index contributed by atoms with van der Waals surface area (Å²) >= 11 is 0. The van der Waals surface area contributed by atoms with E-state index < -0.39 is 6.10 Å². The lowest BCUT2D eigenvalue weighted by atomic mass is 9.83. The smallest absolute Gasteiger partial charge is 0.305 e. The second-order valence-corrected chi connectivity index (χ2v) is 7.70. The second kappa shape index (κ2) is 11.6. The zero-order chi connectivity index (χ0) is 18.8. The van der Waals surface area contributed by atoms with Crippen molar-refractivity contribution in [2.45, 2.75) is 90.3 Å². The predicted octanol–water partition coefficient (Wildman–Crippen LogP) is 3.25. The molecule has 25 heavy (non-hydrogen) atoms. The molecule has 1 rings (SSSR count). The Morgan fingerprint density at radius 2 is 1.96 bits per heavy atom. The molecule has 1 aliphatic rings. The Morgan fingerprint density at radius 1 is 1.24 bits per heavy atom. The van der Waals surface area contributed by atoms with Crippen molar-refractivity contribution < 1.29 is 24.5 Å². The van der Waals surface area contributed by atoms with Crippen LogP contribution in [-0.4, -0.2) is 41.3 Å². The van der Waals surface area contributed by atoms with Crippen LogP contribution < -0.4 is 0 Å². The maximum Gasteiger partial charge on any atom is 0.305 e. The van der Waals surface area contributed by atoms with E-state index in [-0.39, 0.29) is 42.0 Å². The molecule has 2 N–H and O–H groups in total. The monoisotopic (exact) mass is 356 g/mol. The summed E-state index contributed by atoms with van der Waals surface area (Å²) in [7, 11) is 1.38. The highest BCUT2D eigenvalue weighted by Gasteiger charge is 2.40. The van der Waals surface area contributed by atoms with Crippen LogP contribution in [0.3, 0.4) is 0 Å². The molecule has 0 amide bonds. The van der Waals surface area contributed by atoms with Crippen LogP contribution in [0.4, 0.5) is 0 Å². The summed E-state index contributed by atoms with van der Waals surface area (Å²) in [6.45, 7) is 4.12. The molecule has 0 aromatic rings.